The molecule has 0 radical (unpaired) electrons. The second kappa shape index (κ2) is 2.58. The molecule has 0 aromatic heterocycles. The van der Waals surface area contributed by atoms with E-state index in [0.29, 0.717) is 0 Å². The monoisotopic (exact) mass is 432 g/mol. The Morgan fingerprint density at radius 1 is 0.450 bits per heavy atom. The Bertz CT molecular complexity index is 668. The van der Waals surface area contributed by atoms with Crippen LogP contribution in [0.15, 0.2) is 0 Å². The van der Waals surface area contributed by atoms with Crippen molar-refractivity contribution in [3.05, 3.63) is 0 Å². The molecule has 8 atom stereocenters. The van der Waals surface area contributed by atoms with E-state index in [9.17, 15) is 9.59 Å². The molecule has 108 valence electrons. The summed E-state index contributed by atoms with van der Waals surface area (Å²) in [6.45, 7) is 0. The van der Waals surface area contributed by atoms with Gasteiger partial charge < -0.3 is 0 Å². The third-order valence-electron chi connectivity index (χ3n) is 6.00. The molecule has 20 heavy (non-hydrogen) atoms. The van der Waals surface area contributed by atoms with Crippen LogP contribution >= 0.6 is 92.8 Å². The SMILES string of the molecule is O=C1C2(Cl)C3(Cl)C(=O)C4(Cl)C2(Cl)C2(Cl)C1(Cl)C3(Cl)C42Cl. The molecule has 0 aromatic rings. The minimum atomic E-state index is -2.08. The van der Waals surface area contributed by atoms with Gasteiger partial charge in [0.1, 0.15) is 19.5 Å². The largest absolute Gasteiger partial charge is 0.295 e. The van der Waals surface area contributed by atoms with Crippen molar-refractivity contribution in [3.63, 3.8) is 0 Å². The highest BCUT2D eigenvalue weighted by molar-refractivity contribution is 6.84. The number of halogens is 8. The molecule has 8 unspecified atom stereocenters. The van der Waals surface area contributed by atoms with Gasteiger partial charge in [-0.3, -0.25) is 9.59 Å². The van der Waals surface area contributed by atoms with Crippen molar-refractivity contribution in [1.82, 2.24) is 0 Å². The fourth-order valence-electron chi connectivity index (χ4n) is 5.40. The molecule has 2 nitrogen and oxygen atoms in total. The Balaban J connectivity index is 2.11. The van der Waals surface area contributed by atoms with Crippen LogP contribution < -0.4 is 0 Å². The van der Waals surface area contributed by atoms with Gasteiger partial charge in [0.05, 0.1) is 0 Å². The molecule has 6 rings (SSSR count). The maximum Gasteiger partial charge on any atom is 0.182 e. The van der Waals surface area contributed by atoms with Crippen LogP contribution in [0.1, 0.15) is 0 Å². The molecule has 6 fully saturated rings. The van der Waals surface area contributed by atoms with Gasteiger partial charge >= 0.3 is 0 Å². The molecule has 6 saturated carbocycles. The van der Waals surface area contributed by atoms with Crippen LogP contribution in [0.5, 0.6) is 0 Å². The molecular weight excluding hydrogens is 436 g/mol. The van der Waals surface area contributed by atoms with E-state index in [0.717, 1.165) is 0 Å². The van der Waals surface area contributed by atoms with E-state index < -0.39 is 50.6 Å². The van der Waals surface area contributed by atoms with E-state index in [2.05, 4.69) is 0 Å². The van der Waals surface area contributed by atoms with Crippen LogP contribution in [-0.4, -0.2) is 50.6 Å². The highest BCUT2D eigenvalue weighted by Crippen LogP contribution is 3.06. The van der Waals surface area contributed by atoms with Gasteiger partial charge in [0.15, 0.2) is 31.1 Å². The van der Waals surface area contributed by atoms with Gasteiger partial charge in [-0.2, -0.15) is 0 Å². The lowest BCUT2D eigenvalue weighted by Gasteiger charge is -2.84. The lowest BCUT2D eigenvalue weighted by atomic mass is 9.37. The molecule has 0 heterocycles. The summed E-state index contributed by atoms with van der Waals surface area (Å²) >= 11 is 51.6. The summed E-state index contributed by atoms with van der Waals surface area (Å²) in [6.07, 6.45) is 0. The first-order valence-electron chi connectivity index (χ1n) is 5.42. The van der Waals surface area contributed by atoms with E-state index in [1.54, 1.807) is 0 Å². The standard InChI is InChI=1S/C10Cl8O2/c11-3-1(19)5(13)8(16)4(3,12)2(20)6(14)7(3,15)9(5,17)10(6,8)18. The number of ketones is 2. The number of alkyl halides is 8. The summed E-state index contributed by atoms with van der Waals surface area (Å²) in [5.41, 5.74) is 0. The molecule has 0 spiro atoms. The first kappa shape index (κ1) is 14.0. The van der Waals surface area contributed by atoms with E-state index >= 15 is 0 Å². The summed E-state index contributed by atoms with van der Waals surface area (Å²) in [6, 6.07) is 0. The van der Waals surface area contributed by atoms with Crippen LogP contribution in [0, 0.1) is 0 Å². The van der Waals surface area contributed by atoms with Crippen LogP contribution in [0.3, 0.4) is 0 Å². The summed E-state index contributed by atoms with van der Waals surface area (Å²) in [7, 11) is 0. The molecule has 0 N–H and O–H groups in total. The molecule has 0 aliphatic heterocycles. The number of carbonyl (C=O) groups excluding carboxylic acids is 2. The number of Topliss-reactive ketones (excluding diaryl/α,β-unsaturated/α-hetero) is 2. The van der Waals surface area contributed by atoms with Crippen molar-refractivity contribution in [1.29, 1.82) is 0 Å². The van der Waals surface area contributed by atoms with Crippen LogP contribution in [0.4, 0.5) is 0 Å². The molecule has 0 amide bonds. The maximum atomic E-state index is 12.7. The van der Waals surface area contributed by atoms with Crippen molar-refractivity contribution in [2.75, 3.05) is 0 Å². The van der Waals surface area contributed by atoms with Gasteiger partial charge in [0, 0.05) is 0 Å². The minimum absolute atomic E-state index is 0.784. The van der Waals surface area contributed by atoms with Crippen molar-refractivity contribution in [3.8, 4) is 0 Å². The van der Waals surface area contributed by atoms with E-state index in [-0.39, 0.29) is 0 Å². The van der Waals surface area contributed by atoms with Crippen molar-refractivity contribution in [2.24, 2.45) is 0 Å². The zero-order valence-electron chi connectivity index (χ0n) is 8.84. The summed E-state index contributed by atoms with van der Waals surface area (Å²) in [4.78, 5) is 10.2. The van der Waals surface area contributed by atoms with E-state index in [1.165, 1.54) is 0 Å². The number of hydrogen-bond donors (Lipinski definition) is 0. The Morgan fingerprint density at radius 3 is 0.950 bits per heavy atom. The lowest BCUT2D eigenvalue weighted by Crippen LogP contribution is -3.07. The Labute approximate surface area is 152 Å². The summed E-state index contributed by atoms with van der Waals surface area (Å²) < 4.78 is 0. The highest BCUT2D eigenvalue weighted by atomic mass is 35.5. The third kappa shape index (κ3) is 0.512. The van der Waals surface area contributed by atoms with Crippen LogP contribution in [0.2, 0.25) is 0 Å². The van der Waals surface area contributed by atoms with Crippen molar-refractivity contribution >= 4 is 104 Å². The lowest BCUT2D eigenvalue weighted by molar-refractivity contribution is -0.126. The van der Waals surface area contributed by atoms with Gasteiger partial charge in [0.25, 0.3) is 0 Å². The first-order valence-corrected chi connectivity index (χ1v) is 8.44. The Morgan fingerprint density at radius 2 is 0.700 bits per heavy atom. The normalized spacial score (nSPS) is 81.8. The Hall–Kier alpha value is 1.66. The number of carbonyl (C=O) groups is 2. The average Bonchev–Trinajstić information content (AvgIpc) is 2.66. The zero-order chi connectivity index (χ0) is 15.2. The van der Waals surface area contributed by atoms with Crippen LogP contribution in [-0.2, 0) is 9.59 Å². The molecule has 0 saturated heterocycles. The molecule has 0 aromatic carbocycles. The number of hydrogen-bond acceptors (Lipinski definition) is 2. The Kier molecular flexibility index (Phi) is 1.81. The quantitative estimate of drug-likeness (QED) is 0.548. The average molecular weight is 436 g/mol. The van der Waals surface area contributed by atoms with Gasteiger partial charge in [0.2, 0.25) is 0 Å². The van der Waals surface area contributed by atoms with E-state index in [4.69, 9.17) is 92.8 Å². The van der Waals surface area contributed by atoms with Gasteiger partial charge in [-0.05, 0) is 0 Å². The van der Waals surface area contributed by atoms with E-state index in [1.807, 2.05) is 0 Å². The molecule has 4 bridgehead atoms. The second-order valence-electron chi connectivity index (χ2n) is 5.93. The predicted molar refractivity (Wildman–Crippen MR) is 78.7 cm³/mol. The maximum absolute atomic E-state index is 12.7. The van der Waals surface area contributed by atoms with Crippen molar-refractivity contribution in [2.45, 2.75) is 39.0 Å². The summed E-state index contributed by atoms with van der Waals surface area (Å²) in [5.74, 6) is -1.57. The third-order valence-corrected chi connectivity index (χ3v) is 13.3. The molecule has 10 heteroatoms. The highest BCUT2D eigenvalue weighted by Gasteiger charge is 3.29. The molecular formula is C10Cl8O2. The fourth-order valence-corrected chi connectivity index (χ4v) is 12.1. The van der Waals surface area contributed by atoms with Crippen LogP contribution in [0.25, 0.3) is 0 Å². The predicted octanol–water partition coefficient (Wildman–Crippen LogP) is 3.01. The zero-order valence-corrected chi connectivity index (χ0v) is 14.9. The van der Waals surface area contributed by atoms with Gasteiger partial charge in [-0.1, -0.05) is 0 Å². The second-order valence-corrected chi connectivity index (χ2v) is 10.5. The minimum Gasteiger partial charge on any atom is -0.295 e. The van der Waals surface area contributed by atoms with Gasteiger partial charge in [-0.15, -0.1) is 92.8 Å². The summed E-state index contributed by atoms with van der Waals surface area (Å²) in [5, 5.41) is 0. The topological polar surface area (TPSA) is 34.1 Å². The smallest absolute Gasteiger partial charge is 0.182 e. The van der Waals surface area contributed by atoms with Gasteiger partial charge in [-0.25, -0.2) is 0 Å². The van der Waals surface area contributed by atoms with Crippen molar-refractivity contribution < 1.29 is 9.59 Å². The molecule has 6 aliphatic rings. The molecule has 6 aliphatic carbocycles. The fraction of sp³-hybridized carbons (Fsp3) is 0.800. The number of rotatable bonds is 0. The first-order chi connectivity index (χ1) is 8.81.